The zero-order valence-corrected chi connectivity index (χ0v) is 10.9. The molecule has 0 amide bonds. The molecule has 0 saturated heterocycles. The smallest absolute Gasteiger partial charge is 0.199 e. The van der Waals surface area contributed by atoms with Gasteiger partial charge in [0.1, 0.15) is 9.79 Å². The summed E-state index contributed by atoms with van der Waals surface area (Å²) in [5.74, 6) is 0. The first-order valence-electron chi connectivity index (χ1n) is 4.58. The Morgan fingerprint density at radius 2 is 1.05 bits per heavy atom. The molecule has 0 heterocycles. The molecule has 6 nitrogen and oxygen atoms in total. The highest BCUT2D eigenvalue weighted by molar-refractivity contribution is 7.90. The van der Waals surface area contributed by atoms with Crippen LogP contribution >= 0.6 is 0 Å². The highest BCUT2D eigenvalue weighted by atomic mass is 32.2. The molecule has 1 aromatic carbocycles. The summed E-state index contributed by atoms with van der Waals surface area (Å²) in [4.78, 5) is -2.47. The lowest BCUT2D eigenvalue weighted by Gasteiger charge is -2.10. The van der Waals surface area contributed by atoms with Crippen LogP contribution in [-0.4, -0.2) is 30.1 Å². The molecule has 0 aliphatic rings. The van der Waals surface area contributed by atoms with Gasteiger partial charge >= 0.3 is 33.5 Å². The van der Waals surface area contributed by atoms with E-state index in [1.54, 1.807) is 0 Å². The van der Waals surface area contributed by atoms with Crippen LogP contribution in [0.4, 0.5) is 17.6 Å². The van der Waals surface area contributed by atoms with Crippen LogP contribution in [0.25, 0.3) is 0 Å². The molecular weight excluding hydrogens is 332 g/mol. The number of rotatable bonds is 6. The Morgan fingerprint density at radius 3 is 1.30 bits per heavy atom. The molecule has 0 aliphatic heterocycles. The highest BCUT2D eigenvalue weighted by Crippen LogP contribution is 2.26. The fourth-order valence-electron chi connectivity index (χ4n) is 1.16. The zero-order chi connectivity index (χ0) is 15.6. The molecule has 20 heavy (non-hydrogen) atoms. The lowest BCUT2D eigenvalue weighted by atomic mass is 10.4. The van der Waals surface area contributed by atoms with E-state index in [9.17, 15) is 34.4 Å². The molecule has 0 spiro atoms. The molecule has 0 bridgehead atoms. The minimum absolute atomic E-state index is 0.597. The molecule has 1 rings (SSSR count). The molecule has 0 saturated carbocycles. The van der Waals surface area contributed by atoms with E-state index < -0.39 is 43.3 Å². The second-order valence-corrected chi connectivity index (χ2v) is 6.15. The van der Waals surface area contributed by atoms with Crippen molar-refractivity contribution in [1.29, 1.82) is 0 Å². The highest BCUT2D eigenvalue weighted by Gasteiger charge is 2.31. The fraction of sp³-hybridized carbons (Fsp3) is 0.250. The Hall–Kier alpha value is -1.24. The van der Waals surface area contributed by atoms with Crippen molar-refractivity contribution in [2.75, 3.05) is 0 Å². The quantitative estimate of drug-likeness (QED) is 0.578. The summed E-state index contributed by atoms with van der Waals surface area (Å²) in [6, 6.07) is 3.17. The number of hydrogen-bond acceptors (Lipinski definition) is 6. The minimum atomic E-state index is -5.16. The standard InChI is InChI=1S/C8H6F4O6S2/c9-7(10)17-19(13,14)5-3-1-2-4-6(5)20(15,16)18-8(11)12/h1-4,7-8H. The third-order valence-electron chi connectivity index (χ3n) is 1.79. The molecule has 0 unspecified atom stereocenters. The van der Waals surface area contributed by atoms with E-state index in [2.05, 4.69) is 8.37 Å². The van der Waals surface area contributed by atoms with Crippen molar-refractivity contribution >= 4 is 20.2 Å². The van der Waals surface area contributed by atoms with Crippen molar-refractivity contribution in [1.82, 2.24) is 0 Å². The number of alkyl halides is 4. The maximum atomic E-state index is 12.0. The van der Waals surface area contributed by atoms with Crippen molar-refractivity contribution in [3.63, 3.8) is 0 Å². The van der Waals surface area contributed by atoms with Crippen LogP contribution < -0.4 is 0 Å². The first kappa shape index (κ1) is 16.8. The molecule has 0 fully saturated rings. The summed E-state index contributed by atoms with van der Waals surface area (Å²) >= 11 is 0. The number of benzene rings is 1. The number of halogens is 4. The Kier molecular flexibility index (Phi) is 5.07. The lowest BCUT2D eigenvalue weighted by molar-refractivity contribution is -0.0469. The van der Waals surface area contributed by atoms with E-state index in [-0.39, 0.29) is 0 Å². The summed E-state index contributed by atoms with van der Waals surface area (Å²) in [6.07, 6.45) is 0. The van der Waals surface area contributed by atoms with E-state index in [0.29, 0.717) is 12.1 Å². The van der Waals surface area contributed by atoms with Crippen LogP contribution in [-0.2, 0) is 28.6 Å². The van der Waals surface area contributed by atoms with Crippen molar-refractivity contribution in [3.8, 4) is 0 Å². The average molecular weight is 338 g/mol. The Labute approximate surface area is 111 Å². The number of hydrogen-bond donors (Lipinski definition) is 0. The van der Waals surface area contributed by atoms with Gasteiger partial charge < -0.3 is 0 Å². The van der Waals surface area contributed by atoms with Gasteiger partial charge in [-0.15, -0.1) is 0 Å². The molecule has 12 heteroatoms. The Bertz CT molecular complexity index is 611. The van der Waals surface area contributed by atoms with Crippen LogP contribution in [0, 0.1) is 0 Å². The van der Waals surface area contributed by atoms with Gasteiger partial charge in [0.15, 0.2) is 0 Å². The van der Waals surface area contributed by atoms with Gasteiger partial charge in [-0.3, -0.25) is 0 Å². The lowest BCUT2D eigenvalue weighted by Crippen LogP contribution is -2.17. The Balaban J connectivity index is 3.39. The summed E-state index contributed by atoms with van der Waals surface area (Å²) in [6.45, 7) is -7.49. The summed E-state index contributed by atoms with van der Waals surface area (Å²) in [5.41, 5.74) is 0. The first-order chi connectivity index (χ1) is 9.06. The van der Waals surface area contributed by atoms with Crippen LogP contribution in [0.5, 0.6) is 0 Å². The van der Waals surface area contributed by atoms with E-state index in [0.717, 1.165) is 12.1 Å². The third kappa shape index (κ3) is 4.13. The third-order valence-corrected chi connectivity index (χ3v) is 4.50. The van der Waals surface area contributed by atoms with E-state index in [4.69, 9.17) is 0 Å². The predicted octanol–water partition coefficient (Wildman–Crippen LogP) is 1.54. The van der Waals surface area contributed by atoms with E-state index in [1.165, 1.54) is 0 Å². The van der Waals surface area contributed by atoms with Crippen LogP contribution in [0.2, 0.25) is 0 Å². The fourth-order valence-corrected chi connectivity index (χ4v) is 3.48. The molecule has 0 aromatic heterocycles. The van der Waals surface area contributed by atoms with Crippen LogP contribution in [0.1, 0.15) is 0 Å². The second kappa shape index (κ2) is 6.03. The monoisotopic (exact) mass is 338 g/mol. The van der Waals surface area contributed by atoms with Gasteiger partial charge in [-0.2, -0.15) is 42.8 Å². The van der Waals surface area contributed by atoms with Crippen molar-refractivity contribution < 1.29 is 42.8 Å². The van der Waals surface area contributed by atoms with Gasteiger partial charge in [0.05, 0.1) is 0 Å². The minimum Gasteiger partial charge on any atom is -0.199 e. The molecule has 0 aliphatic carbocycles. The topological polar surface area (TPSA) is 86.7 Å². The molecule has 0 N–H and O–H groups in total. The van der Waals surface area contributed by atoms with Crippen molar-refractivity contribution in [2.45, 2.75) is 23.0 Å². The molecule has 1 aromatic rings. The van der Waals surface area contributed by atoms with Gasteiger partial charge in [-0.25, -0.2) is 0 Å². The first-order valence-corrected chi connectivity index (χ1v) is 7.40. The zero-order valence-electron chi connectivity index (χ0n) is 9.24. The van der Waals surface area contributed by atoms with Gasteiger partial charge in [-0.05, 0) is 12.1 Å². The average Bonchev–Trinajstić information content (AvgIpc) is 2.25. The maximum Gasteiger partial charge on any atom is 0.359 e. The largest absolute Gasteiger partial charge is 0.359 e. The maximum absolute atomic E-state index is 12.0. The summed E-state index contributed by atoms with van der Waals surface area (Å²) < 4.78 is 99.9. The van der Waals surface area contributed by atoms with Gasteiger partial charge in [-0.1, -0.05) is 12.1 Å². The molecular formula is C8H6F4O6S2. The molecule has 114 valence electrons. The summed E-state index contributed by atoms with van der Waals surface area (Å²) in [5, 5.41) is 0. The van der Waals surface area contributed by atoms with Crippen LogP contribution in [0.15, 0.2) is 34.1 Å². The van der Waals surface area contributed by atoms with Gasteiger partial charge in [0, 0.05) is 0 Å². The van der Waals surface area contributed by atoms with E-state index >= 15 is 0 Å². The molecule has 0 radical (unpaired) electrons. The normalized spacial score (nSPS) is 13.1. The van der Waals surface area contributed by atoms with Crippen molar-refractivity contribution in [2.24, 2.45) is 0 Å². The summed E-state index contributed by atoms with van der Waals surface area (Å²) in [7, 11) is -10.3. The van der Waals surface area contributed by atoms with Crippen molar-refractivity contribution in [3.05, 3.63) is 24.3 Å². The van der Waals surface area contributed by atoms with Gasteiger partial charge in [0.25, 0.3) is 0 Å². The Morgan fingerprint density at radius 1 is 0.750 bits per heavy atom. The molecule has 0 atom stereocenters. The predicted molar refractivity (Wildman–Crippen MR) is 55.0 cm³/mol. The SMILES string of the molecule is O=S(=O)(OC(F)F)c1ccccc1S(=O)(=O)OC(F)F. The van der Waals surface area contributed by atoms with Gasteiger partial charge in [0.2, 0.25) is 0 Å². The second-order valence-electron chi connectivity index (χ2n) is 3.07. The van der Waals surface area contributed by atoms with Crippen LogP contribution in [0.3, 0.4) is 0 Å². The van der Waals surface area contributed by atoms with E-state index in [1.807, 2.05) is 0 Å².